The zero-order chi connectivity index (χ0) is 14.4. The fraction of sp³-hybridized carbons (Fsp3) is 0.647. The highest BCUT2D eigenvalue weighted by molar-refractivity contribution is 5.43. The Labute approximate surface area is 118 Å². The summed E-state index contributed by atoms with van der Waals surface area (Å²) in [6, 6.07) is 4.62. The SMILES string of the molecule is CCC(CC)COc1c(C)cc(CC(C)N)cc1C. The lowest BCUT2D eigenvalue weighted by Gasteiger charge is -2.18. The van der Waals surface area contributed by atoms with Gasteiger partial charge in [-0.2, -0.15) is 0 Å². The molecule has 0 aliphatic carbocycles. The highest BCUT2D eigenvalue weighted by atomic mass is 16.5. The van der Waals surface area contributed by atoms with Crippen LogP contribution in [0.3, 0.4) is 0 Å². The Balaban J connectivity index is 2.79. The molecule has 0 amide bonds. The maximum atomic E-state index is 6.04. The van der Waals surface area contributed by atoms with E-state index in [4.69, 9.17) is 10.5 Å². The lowest BCUT2D eigenvalue weighted by atomic mass is 10.0. The molecule has 0 aromatic heterocycles. The van der Waals surface area contributed by atoms with Crippen LogP contribution < -0.4 is 10.5 Å². The molecule has 0 spiro atoms. The van der Waals surface area contributed by atoms with Crippen LogP contribution in [0, 0.1) is 19.8 Å². The first kappa shape index (κ1) is 16.0. The van der Waals surface area contributed by atoms with Crippen molar-refractivity contribution < 1.29 is 4.74 Å². The van der Waals surface area contributed by atoms with Crippen molar-refractivity contribution in [2.45, 2.75) is 59.9 Å². The van der Waals surface area contributed by atoms with E-state index in [1.165, 1.54) is 29.5 Å². The standard InChI is InChI=1S/C17H29NO/c1-6-15(7-2)11-19-17-12(3)8-16(9-13(17)4)10-14(5)18/h8-9,14-15H,6-7,10-11,18H2,1-5H3. The third kappa shape index (κ3) is 4.87. The van der Waals surface area contributed by atoms with Gasteiger partial charge in [-0.15, -0.1) is 0 Å². The quantitative estimate of drug-likeness (QED) is 0.806. The predicted octanol–water partition coefficient (Wildman–Crippen LogP) is 4.01. The Morgan fingerprint density at radius 3 is 2.05 bits per heavy atom. The molecule has 0 saturated carbocycles. The van der Waals surface area contributed by atoms with Gasteiger partial charge in [0.15, 0.2) is 0 Å². The van der Waals surface area contributed by atoms with Crippen molar-refractivity contribution in [3.05, 3.63) is 28.8 Å². The van der Waals surface area contributed by atoms with Gasteiger partial charge in [-0.1, -0.05) is 38.8 Å². The number of nitrogens with two attached hydrogens (primary N) is 1. The summed E-state index contributed by atoms with van der Waals surface area (Å²) in [5.41, 5.74) is 9.62. The second-order valence-corrected chi connectivity index (χ2v) is 5.73. The van der Waals surface area contributed by atoms with Gasteiger partial charge in [0.2, 0.25) is 0 Å². The van der Waals surface area contributed by atoms with Crippen molar-refractivity contribution in [2.24, 2.45) is 11.7 Å². The summed E-state index contributed by atoms with van der Waals surface area (Å²) in [5, 5.41) is 0. The highest BCUT2D eigenvalue weighted by Gasteiger charge is 2.10. The van der Waals surface area contributed by atoms with E-state index in [1.54, 1.807) is 0 Å². The summed E-state index contributed by atoms with van der Waals surface area (Å²) < 4.78 is 6.04. The van der Waals surface area contributed by atoms with Crippen LogP contribution in [0.15, 0.2) is 12.1 Å². The van der Waals surface area contributed by atoms with E-state index < -0.39 is 0 Å². The van der Waals surface area contributed by atoms with Crippen molar-refractivity contribution in [1.29, 1.82) is 0 Å². The highest BCUT2D eigenvalue weighted by Crippen LogP contribution is 2.26. The molecule has 1 aromatic rings. The first-order valence-electron chi connectivity index (χ1n) is 7.46. The molecule has 2 N–H and O–H groups in total. The summed E-state index contributed by atoms with van der Waals surface area (Å²) >= 11 is 0. The molecule has 1 rings (SSSR count). The Morgan fingerprint density at radius 2 is 1.63 bits per heavy atom. The predicted molar refractivity (Wildman–Crippen MR) is 82.8 cm³/mol. The van der Waals surface area contributed by atoms with E-state index in [0.717, 1.165) is 18.8 Å². The molecule has 0 aliphatic heterocycles. The van der Waals surface area contributed by atoms with Crippen LogP contribution in [0.1, 0.15) is 50.3 Å². The molecule has 0 fully saturated rings. The third-order valence-electron chi connectivity index (χ3n) is 3.70. The number of ether oxygens (including phenoxy) is 1. The second-order valence-electron chi connectivity index (χ2n) is 5.73. The minimum Gasteiger partial charge on any atom is -0.493 e. The monoisotopic (exact) mass is 263 g/mol. The summed E-state index contributed by atoms with van der Waals surface area (Å²) in [5.74, 6) is 1.71. The van der Waals surface area contributed by atoms with E-state index in [-0.39, 0.29) is 6.04 Å². The summed E-state index contributed by atoms with van der Waals surface area (Å²) in [4.78, 5) is 0. The maximum Gasteiger partial charge on any atom is 0.125 e. The molecule has 0 aliphatic rings. The van der Waals surface area contributed by atoms with E-state index in [9.17, 15) is 0 Å². The third-order valence-corrected chi connectivity index (χ3v) is 3.70. The van der Waals surface area contributed by atoms with Crippen LogP contribution in [-0.4, -0.2) is 12.6 Å². The van der Waals surface area contributed by atoms with Gasteiger partial charge in [0.05, 0.1) is 6.61 Å². The van der Waals surface area contributed by atoms with Gasteiger partial charge in [-0.05, 0) is 49.8 Å². The summed E-state index contributed by atoms with van der Waals surface area (Å²) in [7, 11) is 0. The molecule has 1 unspecified atom stereocenters. The van der Waals surface area contributed by atoms with Crippen LogP contribution in [0.5, 0.6) is 5.75 Å². The van der Waals surface area contributed by atoms with Gasteiger partial charge in [0, 0.05) is 6.04 Å². The van der Waals surface area contributed by atoms with Crippen LogP contribution >= 0.6 is 0 Å². The first-order valence-corrected chi connectivity index (χ1v) is 7.46. The Kier molecular flexibility index (Phi) is 6.36. The molecule has 2 nitrogen and oxygen atoms in total. The molecule has 0 radical (unpaired) electrons. The lowest BCUT2D eigenvalue weighted by molar-refractivity contribution is 0.238. The Bertz CT molecular complexity index is 371. The average molecular weight is 263 g/mol. The van der Waals surface area contributed by atoms with E-state index in [1.807, 2.05) is 6.92 Å². The maximum absolute atomic E-state index is 6.04. The topological polar surface area (TPSA) is 35.2 Å². The number of benzene rings is 1. The normalized spacial score (nSPS) is 12.8. The summed E-state index contributed by atoms with van der Waals surface area (Å²) in [6.45, 7) is 11.6. The van der Waals surface area contributed by atoms with Gasteiger partial charge in [-0.3, -0.25) is 0 Å². The lowest BCUT2D eigenvalue weighted by Crippen LogP contribution is -2.18. The van der Waals surface area contributed by atoms with E-state index in [0.29, 0.717) is 5.92 Å². The van der Waals surface area contributed by atoms with Crippen molar-refractivity contribution >= 4 is 0 Å². The number of hydrogen-bond acceptors (Lipinski definition) is 2. The number of rotatable bonds is 7. The molecule has 1 atom stereocenters. The minimum atomic E-state index is 0.204. The van der Waals surface area contributed by atoms with E-state index >= 15 is 0 Å². The van der Waals surface area contributed by atoms with Crippen molar-refractivity contribution in [1.82, 2.24) is 0 Å². The van der Waals surface area contributed by atoms with Gasteiger partial charge < -0.3 is 10.5 Å². The van der Waals surface area contributed by atoms with Gasteiger partial charge in [0.1, 0.15) is 5.75 Å². The van der Waals surface area contributed by atoms with Crippen LogP contribution in [0.25, 0.3) is 0 Å². The number of aryl methyl sites for hydroxylation is 2. The minimum absolute atomic E-state index is 0.204. The van der Waals surface area contributed by atoms with Gasteiger partial charge in [0.25, 0.3) is 0 Å². The first-order chi connectivity index (χ1) is 8.97. The van der Waals surface area contributed by atoms with Crippen LogP contribution in [0.4, 0.5) is 0 Å². The molecular weight excluding hydrogens is 234 g/mol. The number of hydrogen-bond donors (Lipinski definition) is 1. The smallest absolute Gasteiger partial charge is 0.125 e. The molecule has 108 valence electrons. The molecule has 2 heteroatoms. The van der Waals surface area contributed by atoms with Gasteiger partial charge in [-0.25, -0.2) is 0 Å². The zero-order valence-corrected chi connectivity index (χ0v) is 13.1. The van der Waals surface area contributed by atoms with Crippen molar-refractivity contribution in [3.8, 4) is 5.75 Å². The fourth-order valence-electron chi connectivity index (χ4n) is 2.48. The van der Waals surface area contributed by atoms with Crippen molar-refractivity contribution in [3.63, 3.8) is 0 Å². The summed E-state index contributed by atoms with van der Waals surface area (Å²) in [6.07, 6.45) is 3.28. The average Bonchev–Trinajstić information content (AvgIpc) is 2.32. The Morgan fingerprint density at radius 1 is 1.11 bits per heavy atom. The molecule has 0 saturated heterocycles. The molecule has 1 aromatic carbocycles. The largest absolute Gasteiger partial charge is 0.493 e. The molecule has 0 bridgehead atoms. The molecule has 19 heavy (non-hydrogen) atoms. The van der Waals surface area contributed by atoms with Crippen molar-refractivity contribution in [2.75, 3.05) is 6.61 Å². The Hall–Kier alpha value is -1.02. The van der Waals surface area contributed by atoms with Crippen LogP contribution in [-0.2, 0) is 6.42 Å². The van der Waals surface area contributed by atoms with Gasteiger partial charge >= 0.3 is 0 Å². The molecule has 0 heterocycles. The zero-order valence-electron chi connectivity index (χ0n) is 13.1. The van der Waals surface area contributed by atoms with E-state index in [2.05, 4.69) is 39.8 Å². The molecular formula is C17H29NO. The van der Waals surface area contributed by atoms with Crippen LogP contribution in [0.2, 0.25) is 0 Å². The second kappa shape index (κ2) is 7.54. The fourth-order valence-corrected chi connectivity index (χ4v) is 2.48.